The molecule has 2 aliphatic carbocycles. The molecule has 5 amide bonds. The Balaban J connectivity index is 1.86. The average Bonchev–Trinajstić information content (AvgIpc) is 3.27. The summed E-state index contributed by atoms with van der Waals surface area (Å²) in [4.78, 5) is 68.6. The number of halogens is 2. The van der Waals surface area contributed by atoms with Crippen LogP contribution < -0.4 is 21.3 Å². The van der Waals surface area contributed by atoms with Crippen LogP contribution in [0, 0.1) is 17.3 Å². The van der Waals surface area contributed by atoms with E-state index in [4.69, 9.17) is 23.2 Å². The van der Waals surface area contributed by atoms with E-state index < -0.39 is 89.4 Å². The summed E-state index contributed by atoms with van der Waals surface area (Å²) in [7, 11) is -3.58. The van der Waals surface area contributed by atoms with Gasteiger partial charge in [0.25, 0.3) is 5.91 Å². The Labute approximate surface area is 295 Å². The van der Waals surface area contributed by atoms with Gasteiger partial charge in [0, 0.05) is 24.9 Å². The SMILES string of the molecule is CCCC[C@@H](NC(=O)[C@@H]1[C@@H]2[C@H](CN1C(=O)[C@@H](NC(=O)NC1(CS(=O)(=O)C(C)(C)C)CCCCC1)C(C)(C)C)C2(Cl)Cl)C(=O)C(=O)NCC. The van der Waals surface area contributed by atoms with E-state index in [2.05, 4.69) is 21.3 Å². The molecule has 12 nitrogen and oxygen atoms in total. The predicted octanol–water partition coefficient (Wildman–Crippen LogP) is 3.63. The quantitative estimate of drug-likeness (QED) is 0.165. The highest BCUT2D eigenvalue weighted by molar-refractivity contribution is 7.92. The maximum Gasteiger partial charge on any atom is 0.315 e. The lowest BCUT2D eigenvalue weighted by molar-refractivity contribution is -0.144. The van der Waals surface area contributed by atoms with Crippen LogP contribution in [0.3, 0.4) is 0 Å². The van der Waals surface area contributed by atoms with Gasteiger partial charge in [0.15, 0.2) is 9.84 Å². The van der Waals surface area contributed by atoms with Crippen LogP contribution in [0.5, 0.6) is 0 Å². The zero-order chi connectivity index (χ0) is 36.5. The van der Waals surface area contributed by atoms with Gasteiger partial charge in [-0.15, -0.1) is 23.2 Å². The average molecular weight is 737 g/mol. The highest BCUT2D eigenvalue weighted by Gasteiger charge is 2.74. The van der Waals surface area contributed by atoms with Crippen LogP contribution in [0.4, 0.5) is 4.79 Å². The number of sulfone groups is 1. The zero-order valence-electron chi connectivity index (χ0n) is 29.6. The van der Waals surface area contributed by atoms with Gasteiger partial charge in [0.1, 0.15) is 16.4 Å². The first-order valence-electron chi connectivity index (χ1n) is 17.1. The Hall–Kier alpha value is -2.12. The predicted molar refractivity (Wildman–Crippen MR) is 186 cm³/mol. The molecule has 3 aliphatic rings. The van der Waals surface area contributed by atoms with Crippen molar-refractivity contribution in [1.29, 1.82) is 0 Å². The number of piperidine rings is 1. The molecule has 2 saturated carbocycles. The molecule has 3 rings (SSSR count). The Bertz CT molecular complexity index is 1350. The molecule has 1 aliphatic heterocycles. The lowest BCUT2D eigenvalue weighted by Gasteiger charge is -2.41. The second-order valence-corrected chi connectivity index (χ2v) is 20.0. The van der Waals surface area contributed by atoms with E-state index >= 15 is 0 Å². The molecule has 0 aromatic carbocycles. The molecule has 48 heavy (non-hydrogen) atoms. The van der Waals surface area contributed by atoms with Gasteiger partial charge in [-0.3, -0.25) is 19.2 Å². The highest BCUT2D eigenvalue weighted by Crippen LogP contribution is 2.65. The number of Topliss-reactive ketones (excluding diaryl/α,β-unsaturated/α-hetero) is 1. The number of rotatable bonds is 13. The van der Waals surface area contributed by atoms with E-state index in [0.717, 1.165) is 25.7 Å². The smallest absolute Gasteiger partial charge is 0.315 e. The van der Waals surface area contributed by atoms with Crippen molar-refractivity contribution in [2.45, 2.75) is 140 Å². The number of hydrogen-bond donors (Lipinski definition) is 4. The molecule has 1 heterocycles. The van der Waals surface area contributed by atoms with Crippen molar-refractivity contribution in [1.82, 2.24) is 26.2 Å². The van der Waals surface area contributed by atoms with Gasteiger partial charge in [-0.25, -0.2) is 13.2 Å². The van der Waals surface area contributed by atoms with Crippen molar-refractivity contribution in [3.63, 3.8) is 0 Å². The molecular formula is C33H55Cl2N5O7S. The summed E-state index contributed by atoms with van der Waals surface area (Å²) < 4.78 is 24.3. The topological polar surface area (TPSA) is 171 Å². The molecule has 0 spiro atoms. The summed E-state index contributed by atoms with van der Waals surface area (Å²) in [5.74, 6) is -4.00. The van der Waals surface area contributed by atoms with E-state index in [1.807, 2.05) is 6.92 Å². The molecule has 0 aromatic rings. The van der Waals surface area contributed by atoms with E-state index in [1.54, 1.807) is 48.5 Å². The van der Waals surface area contributed by atoms with Crippen LogP contribution in [-0.2, 0) is 29.0 Å². The minimum Gasteiger partial charge on any atom is -0.350 e. The molecule has 0 unspecified atom stereocenters. The first-order chi connectivity index (χ1) is 22.0. The zero-order valence-corrected chi connectivity index (χ0v) is 32.0. The van der Waals surface area contributed by atoms with Crippen LogP contribution >= 0.6 is 23.2 Å². The first-order valence-corrected chi connectivity index (χ1v) is 19.6. The number of unbranched alkanes of at least 4 members (excludes halogenated alkanes) is 1. The number of fused-ring (bicyclic) bond motifs is 1. The van der Waals surface area contributed by atoms with Gasteiger partial charge in [0.2, 0.25) is 17.6 Å². The fraction of sp³-hybridized carbons (Fsp3) is 0.848. The molecule has 4 N–H and O–H groups in total. The molecule has 0 radical (unpaired) electrons. The molecule has 15 heteroatoms. The Morgan fingerprint density at radius 3 is 2.06 bits per heavy atom. The van der Waals surface area contributed by atoms with Crippen molar-refractivity contribution in [3.05, 3.63) is 0 Å². The Morgan fingerprint density at radius 1 is 0.938 bits per heavy atom. The summed E-state index contributed by atoms with van der Waals surface area (Å²) in [5, 5.41) is 11.0. The number of hydrogen-bond acceptors (Lipinski definition) is 7. The Morgan fingerprint density at radius 2 is 1.54 bits per heavy atom. The monoisotopic (exact) mass is 735 g/mol. The maximum atomic E-state index is 14.3. The van der Waals surface area contributed by atoms with Gasteiger partial charge in [0.05, 0.1) is 22.1 Å². The van der Waals surface area contributed by atoms with Gasteiger partial charge in [-0.05, 0) is 52.4 Å². The van der Waals surface area contributed by atoms with Gasteiger partial charge >= 0.3 is 6.03 Å². The fourth-order valence-electron chi connectivity index (χ4n) is 6.81. The lowest BCUT2D eigenvalue weighted by Crippen LogP contribution is -2.64. The van der Waals surface area contributed by atoms with Crippen LogP contribution in [0.2, 0.25) is 0 Å². The summed E-state index contributed by atoms with van der Waals surface area (Å²) in [5.41, 5.74) is -1.81. The summed E-state index contributed by atoms with van der Waals surface area (Å²) in [6.07, 6.45) is 4.97. The number of amides is 5. The number of nitrogens with one attached hydrogen (secondary N) is 4. The largest absolute Gasteiger partial charge is 0.350 e. The summed E-state index contributed by atoms with van der Waals surface area (Å²) in [6.45, 7) is 14.2. The fourth-order valence-corrected chi connectivity index (χ4v) is 9.16. The first kappa shape index (κ1) is 40.3. The molecule has 3 fully saturated rings. The van der Waals surface area contributed by atoms with Crippen molar-refractivity contribution in [3.8, 4) is 0 Å². The van der Waals surface area contributed by atoms with Crippen LogP contribution in [0.25, 0.3) is 0 Å². The third kappa shape index (κ3) is 8.96. The standard InChI is InChI=1S/C33H55Cl2N5O7S/c1-9-11-15-21(24(41)27(43)36-10-2)37-26(42)23-22-20(33(22,34)35)18-40(23)28(44)25(30(3,4)5)38-29(45)39-32(16-13-12-14-17-32)19-48(46,47)31(6,7)8/h20-23,25H,9-19H2,1-8H3,(H,36,43)(H,37,42)(H2,38,39,45)/t20-,21+,22-,23-,25+/m0/s1. The lowest BCUT2D eigenvalue weighted by atomic mass is 9.83. The normalized spacial score (nSPS) is 24.5. The molecule has 274 valence electrons. The van der Waals surface area contributed by atoms with E-state index in [1.165, 1.54) is 4.90 Å². The van der Waals surface area contributed by atoms with Gasteiger partial charge in [-0.1, -0.05) is 59.8 Å². The van der Waals surface area contributed by atoms with Crippen LogP contribution in [0.15, 0.2) is 0 Å². The van der Waals surface area contributed by atoms with Crippen molar-refractivity contribution in [2.24, 2.45) is 17.3 Å². The third-order valence-corrected chi connectivity index (χ3v) is 13.8. The summed E-state index contributed by atoms with van der Waals surface area (Å²) >= 11 is 13.1. The highest BCUT2D eigenvalue weighted by atomic mass is 35.5. The molecule has 0 aromatic heterocycles. The van der Waals surface area contributed by atoms with E-state index in [-0.39, 0.29) is 25.3 Å². The number of nitrogens with zero attached hydrogens (tertiary/aromatic N) is 1. The molecule has 1 saturated heterocycles. The number of ketones is 1. The molecular weight excluding hydrogens is 681 g/mol. The van der Waals surface area contributed by atoms with E-state index in [0.29, 0.717) is 19.3 Å². The second-order valence-electron chi connectivity index (χ2n) is 15.8. The van der Waals surface area contributed by atoms with E-state index in [9.17, 15) is 32.4 Å². The minimum absolute atomic E-state index is 0.0577. The number of likely N-dealkylation sites (tertiary alicyclic amines) is 1. The number of carbonyl (C=O) groups is 5. The number of urea groups is 1. The van der Waals surface area contributed by atoms with Crippen molar-refractivity contribution in [2.75, 3.05) is 18.8 Å². The van der Waals surface area contributed by atoms with Gasteiger partial charge < -0.3 is 26.2 Å². The number of carbonyl (C=O) groups excluding carboxylic acids is 5. The molecule has 5 atom stereocenters. The number of likely N-dealkylation sites (N-methyl/N-ethyl adjacent to an activating group) is 1. The summed E-state index contributed by atoms with van der Waals surface area (Å²) in [6, 6.07) is -4.02. The van der Waals surface area contributed by atoms with Crippen molar-refractivity contribution < 1.29 is 32.4 Å². The maximum absolute atomic E-state index is 14.3. The second kappa shape index (κ2) is 15.0. The molecule has 0 bridgehead atoms. The van der Waals surface area contributed by atoms with Gasteiger partial charge in [-0.2, -0.15) is 0 Å². The minimum atomic E-state index is -3.58. The number of alkyl halides is 2. The Kier molecular flexibility index (Phi) is 12.6. The van der Waals surface area contributed by atoms with Crippen LogP contribution in [-0.4, -0.2) is 94.4 Å². The third-order valence-electron chi connectivity index (χ3n) is 9.90. The van der Waals surface area contributed by atoms with Crippen molar-refractivity contribution >= 4 is 62.6 Å². The van der Waals surface area contributed by atoms with Crippen LogP contribution in [0.1, 0.15) is 107 Å².